The van der Waals surface area contributed by atoms with Gasteiger partial charge in [0.15, 0.2) is 5.82 Å². The van der Waals surface area contributed by atoms with Crippen molar-refractivity contribution in [3.05, 3.63) is 192 Å². The van der Waals surface area contributed by atoms with Gasteiger partial charge in [-0.05, 0) is 103 Å². The number of para-hydroxylation sites is 1. The maximum absolute atomic E-state index is 14.4. The van der Waals surface area contributed by atoms with E-state index in [-0.39, 0.29) is 18.2 Å². The van der Waals surface area contributed by atoms with E-state index < -0.39 is 28.8 Å². The lowest BCUT2D eigenvalue weighted by molar-refractivity contribution is -0.128. The van der Waals surface area contributed by atoms with Crippen LogP contribution in [0.2, 0.25) is 0 Å². The zero-order chi connectivity index (χ0) is 44.9. The summed E-state index contributed by atoms with van der Waals surface area (Å²) in [6.45, 7) is 9.15. The van der Waals surface area contributed by atoms with E-state index in [0.717, 1.165) is 50.2 Å². The van der Waals surface area contributed by atoms with Crippen LogP contribution in [0.25, 0.3) is 22.5 Å². The average Bonchev–Trinajstić information content (AvgIpc) is 3.73. The van der Waals surface area contributed by atoms with E-state index in [1.54, 1.807) is 39.5 Å². The molecule has 1 atom stereocenters. The van der Waals surface area contributed by atoms with E-state index in [2.05, 4.69) is 70.4 Å². The van der Waals surface area contributed by atoms with Crippen molar-refractivity contribution in [1.29, 1.82) is 0 Å². The number of alkyl carbamates (subject to hydrolysis) is 1. The van der Waals surface area contributed by atoms with Crippen molar-refractivity contribution in [2.75, 3.05) is 4.90 Å². The molecule has 1 aromatic heterocycles. The molecule has 2 heterocycles. The minimum Gasteiger partial charge on any atom is -0.444 e. The lowest BCUT2D eigenvalue weighted by Crippen LogP contribution is -2.52. The van der Waals surface area contributed by atoms with E-state index in [9.17, 15) is 14.4 Å². The predicted octanol–water partition coefficient (Wildman–Crippen LogP) is 9.50. The third-order valence-corrected chi connectivity index (χ3v) is 11.5. The van der Waals surface area contributed by atoms with Gasteiger partial charge in [0.05, 0.1) is 6.54 Å². The van der Waals surface area contributed by atoms with Crippen LogP contribution in [0.3, 0.4) is 0 Å². The summed E-state index contributed by atoms with van der Waals surface area (Å²) in [6, 6.07) is 54.5. The molecule has 0 saturated carbocycles. The van der Waals surface area contributed by atoms with Gasteiger partial charge in [0.2, 0.25) is 11.8 Å². The molecule has 64 heavy (non-hydrogen) atoms. The zero-order valence-corrected chi connectivity index (χ0v) is 36.9. The molecule has 8 rings (SSSR count). The first kappa shape index (κ1) is 43.3. The lowest BCUT2D eigenvalue weighted by Gasteiger charge is -2.36. The molecule has 2 N–H and O–H groups in total. The van der Waals surface area contributed by atoms with Crippen LogP contribution >= 0.6 is 0 Å². The molecular formula is C53H53N7O4. The van der Waals surface area contributed by atoms with E-state index in [1.807, 2.05) is 114 Å². The van der Waals surface area contributed by atoms with Crippen molar-refractivity contribution in [1.82, 2.24) is 30.8 Å². The van der Waals surface area contributed by atoms with Gasteiger partial charge in [0.1, 0.15) is 17.2 Å². The highest BCUT2D eigenvalue weighted by molar-refractivity contribution is 6.00. The summed E-state index contributed by atoms with van der Waals surface area (Å²) >= 11 is 0. The number of nitrogens with one attached hydrogen (secondary N) is 2. The molecular weight excluding hydrogens is 799 g/mol. The number of anilines is 1. The van der Waals surface area contributed by atoms with Gasteiger partial charge in [0, 0.05) is 23.2 Å². The first-order valence-corrected chi connectivity index (χ1v) is 21.7. The molecule has 6 aromatic carbocycles. The molecule has 1 aliphatic rings. The Labute approximate surface area is 374 Å². The van der Waals surface area contributed by atoms with Gasteiger partial charge >= 0.3 is 6.09 Å². The van der Waals surface area contributed by atoms with Gasteiger partial charge in [-0.3, -0.25) is 9.59 Å². The summed E-state index contributed by atoms with van der Waals surface area (Å²) < 4.78 is 7.35. The number of nitrogens with zero attached hydrogens (tertiary/aromatic N) is 5. The minimum absolute atomic E-state index is 0.0377. The van der Waals surface area contributed by atoms with Crippen molar-refractivity contribution < 1.29 is 19.1 Å². The number of benzene rings is 6. The highest BCUT2D eigenvalue weighted by atomic mass is 16.6. The number of tetrazole rings is 1. The molecule has 11 nitrogen and oxygen atoms in total. The quantitative estimate of drug-likeness (QED) is 0.117. The molecule has 11 heteroatoms. The number of aromatic nitrogens is 4. The molecule has 3 amide bonds. The summed E-state index contributed by atoms with van der Waals surface area (Å²) in [5.74, 6) is 0.0595. The van der Waals surface area contributed by atoms with Crippen LogP contribution < -0.4 is 15.5 Å². The Hall–Kier alpha value is -7.40. The SMILES string of the molecule is CC(C)(CC(=O)N[C@@H]1CCc2ccccc2N(Cc2ccc(-c3ccccc3-c3nnnn3C(c3ccccc3)(c3ccccc3)c3ccccc3)cc2)C1=O)NC(=O)OC(C)(C)C. The average molecular weight is 852 g/mol. The Bertz CT molecular complexity index is 2630. The third kappa shape index (κ3) is 9.20. The first-order valence-electron chi connectivity index (χ1n) is 21.7. The molecule has 0 radical (unpaired) electrons. The van der Waals surface area contributed by atoms with E-state index >= 15 is 0 Å². The number of fused-ring (bicyclic) bond motifs is 1. The smallest absolute Gasteiger partial charge is 0.408 e. The van der Waals surface area contributed by atoms with E-state index in [0.29, 0.717) is 25.2 Å². The second-order valence-corrected chi connectivity index (χ2v) is 17.9. The Morgan fingerprint density at radius 1 is 0.688 bits per heavy atom. The number of hydrogen-bond donors (Lipinski definition) is 2. The monoisotopic (exact) mass is 851 g/mol. The Kier molecular flexibility index (Phi) is 12.3. The molecule has 0 spiro atoms. The highest BCUT2D eigenvalue weighted by Crippen LogP contribution is 2.43. The molecule has 1 aliphatic heterocycles. The fraction of sp³-hybridized carbons (Fsp3) is 0.245. The Morgan fingerprint density at radius 3 is 1.83 bits per heavy atom. The normalized spacial score (nSPS) is 14.3. The summed E-state index contributed by atoms with van der Waals surface area (Å²) in [5.41, 5.74) is 6.02. The van der Waals surface area contributed by atoms with Crippen molar-refractivity contribution >= 4 is 23.6 Å². The maximum Gasteiger partial charge on any atom is 0.408 e. The van der Waals surface area contributed by atoms with Gasteiger partial charge in [-0.1, -0.05) is 158 Å². The summed E-state index contributed by atoms with van der Waals surface area (Å²) in [6.07, 6.45) is 0.402. The molecule has 7 aromatic rings. The maximum atomic E-state index is 14.4. The molecule has 0 bridgehead atoms. The Morgan fingerprint density at radius 2 is 1.23 bits per heavy atom. The lowest BCUT2D eigenvalue weighted by atomic mass is 9.77. The molecule has 0 saturated heterocycles. The van der Waals surface area contributed by atoms with Crippen LogP contribution in [0, 0.1) is 0 Å². The van der Waals surface area contributed by atoms with Crippen LogP contribution in [0.15, 0.2) is 164 Å². The second-order valence-electron chi connectivity index (χ2n) is 17.9. The van der Waals surface area contributed by atoms with Crippen LogP contribution in [0.4, 0.5) is 10.5 Å². The van der Waals surface area contributed by atoms with Crippen LogP contribution in [-0.2, 0) is 32.8 Å². The number of aryl methyl sites for hydroxylation is 1. The first-order chi connectivity index (χ1) is 30.8. The predicted molar refractivity (Wildman–Crippen MR) is 249 cm³/mol. The summed E-state index contributed by atoms with van der Waals surface area (Å²) in [4.78, 5) is 42.2. The van der Waals surface area contributed by atoms with Crippen molar-refractivity contribution in [3.8, 4) is 22.5 Å². The van der Waals surface area contributed by atoms with Crippen molar-refractivity contribution in [3.63, 3.8) is 0 Å². The standard InChI is InChI=1S/C53H53N7O4/c1-51(2,3)64-50(63)55-52(4,5)35-47(61)54-45-34-33-39-19-15-18-28-46(39)59(49(45)62)36-37-29-31-38(32-30-37)43-26-16-17-27-44(43)48-56-57-58-60(48)53(40-20-9-6-10-21-40,41-22-11-7-12-23-41)42-24-13-8-14-25-42/h6-32,45H,33-36H2,1-5H3,(H,54,61)(H,55,63)/t45-/m1/s1. The molecule has 0 fully saturated rings. The van der Waals surface area contributed by atoms with E-state index in [4.69, 9.17) is 15.0 Å². The number of rotatable bonds is 12. The molecule has 324 valence electrons. The minimum atomic E-state index is -0.917. The fourth-order valence-electron chi connectivity index (χ4n) is 8.67. The number of carbonyl (C=O) groups is 3. The van der Waals surface area contributed by atoms with Crippen LogP contribution in [-0.4, -0.2) is 55.3 Å². The number of hydrogen-bond acceptors (Lipinski definition) is 7. The van der Waals surface area contributed by atoms with Gasteiger partial charge in [0.25, 0.3) is 0 Å². The topological polar surface area (TPSA) is 131 Å². The van der Waals surface area contributed by atoms with Gasteiger partial charge < -0.3 is 20.3 Å². The van der Waals surface area contributed by atoms with E-state index in [1.165, 1.54) is 0 Å². The fourth-order valence-corrected chi connectivity index (χ4v) is 8.67. The van der Waals surface area contributed by atoms with Crippen LogP contribution in [0.1, 0.15) is 75.3 Å². The number of carbonyl (C=O) groups excluding carboxylic acids is 3. The van der Waals surface area contributed by atoms with Crippen LogP contribution in [0.5, 0.6) is 0 Å². The highest BCUT2D eigenvalue weighted by Gasteiger charge is 2.42. The largest absolute Gasteiger partial charge is 0.444 e. The zero-order valence-electron chi connectivity index (χ0n) is 36.9. The van der Waals surface area contributed by atoms with Gasteiger partial charge in [-0.15, -0.1) is 5.10 Å². The van der Waals surface area contributed by atoms with Crippen molar-refractivity contribution in [2.24, 2.45) is 0 Å². The van der Waals surface area contributed by atoms with Crippen molar-refractivity contribution in [2.45, 2.75) is 83.1 Å². The Balaban J connectivity index is 1.09. The molecule has 0 unspecified atom stereocenters. The third-order valence-electron chi connectivity index (χ3n) is 11.5. The van der Waals surface area contributed by atoms with Gasteiger partial charge in [-0.25, -0.2) is 9.48 Å². The summed E-state index contributed by atoms with van der Waals surface area (Å²) in [7, 11) is 0. The summed E-state index contributed by atoms with van der Waals surface area (Å²) in [5, 5.41) is 19.6. The number of amides is 3. The number of ether oxygens (including phenoxy) is 1. The molecule has 0 aliphatic carbocycles. The second kappa shape index (κ2) is 18.1. The van der Waals surface area contributed by atoms with Gasteiger partial charge in [-0.2, -0.15) is 0 Å².